The molecular weight excluding hydrogens is 466 g/mol. The van der Waals surface area contributed by atoms with Crippen molar-refractivity contribution in [3.8, 4) is 0 Å². The van der Waals surface area contributed by atoms with Gasteiger partial charge in [-0.2, -0.15) is 0 Å². The Balaban J connectivity index is 1.44. The van der Waals surface area contributed by atoms with E-state index in [1.165, 1.54) is 44.6 Å². The zero-order chi connectivity index (χ0) is 26.4. The molecule has 1 fully saturated rings. The number of hydrogen-bond acceptors (Lipinski definition) is 2. The Morgan fingerprint density at radius 3 is 2.62 bits per heavy atom. The minimum Gasteiger partial charge on any atom is -0.381 e. The Morgan fingerprint density at radius 2 is 1.92 bits per heavy atom. The van der Waals surface area contributed by atoms with Gasteiger partial charge in [0.1, 0.15) is 11.6 Å². The van der Waals surface area contributed by atoms with Crippen LogP contribution >= 0.6 is 0 Å². The van der Waals surface area contributed by atoms with Crippen molar-refractivity contribution in [2.24, 2.45) is 17.8 Å². The van der Waals surface area contributed by atoms with E-state index in [2.05, 4.69) is 48.8 Å². The first-order chi connectivity index (χ1) is 17.9. The first kappa shape index (κ1) is 26.8. The van der Waals surface area contributed by atoms with Crippen LogP contribution in [0.25, 0.3) is 11.1 Å². The maximum atomic E-state index is 14.1. The highest BCUT2D eigenvalue weighted by molar-refractivity contribution is 6.27. The molecule has 5 heteroatoms. The summed E-state index contributed by atoms with van der Waals surface area (Å²) in [6.07, 6.45) is 16.5. The van der Waals surface area contributed by atoms with E-state index in [9.17, 15) is 13.6 Å². The van der Waals surface area contributed by atoms with Gasteiger partial charge in [0.05, 0.1) is 5.69 Å². The van der Waals surface area contributed by atoms with E-state index in [0.29, 0.717) is 18.0 Å². The van der Waals surface area contributed by atoms with Crippen LogP contribution in [-0.2, 0) is 4.79 Å². The zero-order valence-electron chi connectivity index (χ0n) is 22.1. The summed E-state index contributed by atoms with van der Waals surface area (Å²) in [6, 6.07) is 9.13. The Hall–Kier alpha value is -3.21. The lowest BCUT2D eigenvalue weighted by Gasteiger charge is -2.31. The van der Waals surface area contributed by atoms with Crippen LogP contribution in [0.1, 0.15) is 70.4 Å². The Kier molecular flexibility index (Phi) is 8.96. The summed E-state index contributed by atoms with van der Waals surface area (Å²) in [7, 11) is 0. The van der Waals surface area contributed by atoms with Gasteiger partial charge < -0.3 is 10.6 Å². The molecule has 1 amide bonds. The molecule has 2 aromatic carbocycles. The summed E-state index contributed by atoms with van der Waals surface area (Å²) in [5.74, 6) is 0.309. The molecule has 4 rings (SSSR count). The highest BCUT2D eigenvalue weighted by Crippen LogP contribution is 2.37. The van der Waals surface area contributed by atoms with Crippen LogP contribution in [0.4, 0.5) is 20.2 Å². The number of hydrogen-bond donors (Lipinski definition) is 2. The minimum absolute atomic E-state index is 0.0432. The molecule has 0 spiro atoms. The Labute approximate surface area is 219 Å². The molecular formula is C32H38F2N2O. The molecule has 1 heterocycles. The number of fused-ring (bicyclic) bond motifs is 1. The van der Waals surface area contributed by atoms with Gasteiger partial charge in [-0.15, -0.1) is 0 Å². The van der Waals surface area contributed by atoms with E-state index < -0.39 is 17.5 Å². The number of halogens is 2. The van der Waals surface area contributed by atoms with Crippen molar-refractivity contribution >= 4 is 28.4 Å². The van der Waals surface area contributed by atoms with Gasteiger partial charge in [-0.05, 0) is 66.9 Å². The average Bonchev–Trinajstić information content (AvgIpc) is 2.90. The smallest absolute Gasteiger partial charge is 0.256 e. The van der Waals surface area contributed by atoms with Gasteiger partial charge in [0.15, 0.2) is 0 Å². The van der Waals surface area contributed by atoms with E-state index in [-0.39, 0.29) is 5.69 Å². The third-order valence-corrected chi connectivity index (χ3v) is 7.89. The fourth-order valence-electron chi connectivity index (χ4n) is 5.66. The highest BCUT2D eigenvalue weighted by atomic mass is 19.1. The van der Waals surface area contributed by atoms with Crippen molar-refractivity contribution in [3.05, 3.63) is 83.5 Å². The molecule has 2 N–H and O–H groups in total. The number of allylic oxidation sites excluding steroid dienone is 4. The molecule has 1 unspecified atom stereocenters. The van der Waals surface area contributed by atoms with Gasteiger partial charge in [-0.1, -0.05) is 76.0 Å². The SMILES string of the molecule is CC=C(C=CC(C)C1CCC(CCC)CC1)c1ccc2c(c1)NCC=C2C(=O)Nc1ccc(F)cc1F. The molecule has 1 atom stereocenters. The first-order valence-electron chi connectivity index (χ1n) is 13.6. The van der Waals surface area contributed by atoms with Gasteiger partial charge >= 0.3 is 0 Å². The molecule has 1 saturated carbocycles. The summed E-state index contributed by atoms with van der Waals surface area (Å²) in [4.78, 5) is 12.9. The standard InChI is InChI=1S/C32H38F2N2O/c1-4-6-22-8-11-24(12-9-22)21(3)7-10-23(5-2)25-13-15-27-28(17-18-35-31(27)19-25)32(37)36-30-16-14-26(33)20-29(30)34/h5,7,10,13-17,19-22,24,35H,4,6,8-9,11-12,18H2,1-3H3,(H,36,37). The lowest BCUT2D eigenvalue weighted by molar-refractivity contribution is -0.111. The van der Waals surface area contributed by atoms with Crippen molar-refractivity contribution in [1.29, 1.82) is 0 Å². The number of carbonyl (C=O) groups excluding carboxylic acids is 1. The van der Waals surface area contributed by atoms with Crippen LogP contribution in [0, 0.1) is 29.4 Å². The van der Waals surface area contributed by atoms with Gasteiger partial charge in [0, 0.05) is 29.4 Å². The summed E-state index contributed by atoms with van der Waals surface area (Å²) < 4.78 is 27.3. The molecule has 0 radical (unpaired) electrons. The van der Waals surface area contributed by atoms with E-state index in [1.54, 1.807) is 6.08 Å². The van der Waals surface area contributed by atoms with Crippen LogP contribution in [0.3, 0.4) is 0 Å². The van der Waals surface area contributed by atoms with Gasteiger partial charge in [-0.25, -0.2) is 8.78 Å². The third kappa shape index (κ3) is 6.57. The van der Waals surface area contributed by atoms with E-state index in [1.807, 2.05) is 19.1 Å². The normalized spacial score (nSPS) is 20.7. The van der Waals surface area contributed by atoms with Crippen molar-refractivity contribution in [2.75, 3.05) is 17.2 Å². The number of anilines is 2. The lowest BCUT2D eigenvalue weighted by Crippen LogP contribution is -2.19. The predicted octanol–water partition coefficient (Wildman–Crippen LogP) is 8.61. The number of rotatable bonds is 8. The average molecular weight is 505 g/mol. The van der Waals surface area contributed by atoms with E-state index in [4.69, 9.17) is 0 Å². The number of nitrogens with one attached hydrogen (secondary N) is 2. The van der Waals surface area contributed by atoms with E-state index in [0.717, 1.165) is 46.4 Å². The molecule has 37 heavy (non-hydrogen) atoms. The lowest BCUT2D eigenvalue weighted by atomic mass is 9.75. The second-order valence-electron chi connectivity index (χ2n) is 10.4. The van der Waals surface area contributed by atoms with E-state index >= 15 is 0 Å². The Bertz CT molecular complexity index is 1210. The van der Waals surface area contributed by atoms with Crippen LogP contribution in [0.5, 0.6) is 0 Å². The van der Waals surface area contributed by atoms with Crippen molar-refractivity contribution < 1.29 is 13.6 Å². The topological polar surface area (TPSA) is 41.1 Å². The first-order valence-corrected chi connectivity index (χ1v) is 13.6. The molecule has 2 aliphatic rings. The fraction of sp³-hybridized carbons (Fsp3) is 0.406. The second-order valence-corrected chi connectivity index (χ2v) is 10.4. The van der Waals surface area contributed by atoms with Crippen molar-refractivity contribution in [1.82, 2.24) is 0 Å². The monoisotopic (exact) mass is 504 g/mol. The zero-order valence-corrected chi connectivity index (χ0v) is 22.1. The minimum atomic E-state index is -0.800. The molecule has 0 saturated heterocycles. The quantitative estimate of drug-likeness (QED) is 0.353. The fourth-order valence-corrected chi connectivity index (χ4v) is 5.66. The Morgan fingerprint density at radius 1 is 1.14 bits per heavy atom. The molecule has 0 aromatic heterocycles. The summed E-state index contributed by atoms with van der Waals surface area (Å²) in [5.41, 5.74) is 4.26. The van der Waals surface area contributed by atoms with Crippen molar-refractivity contribution in [3.63, 3.8) is 0 Å². The maximum absolute atomic E-state index is 14.1. The van der Waals surface area contributed by atoms with Gasteiger partial charge in [0.2, 0.25) is 0 Å². The molecule has 0 bridgehead atoms. The van der Waals surface area contributed by atoms with Crippen molar-refractivity contribution in [2.45, 2.75) is 59.3 Å². The number of benzene rings is 2. The molecule has 3 nitrogen and oxygen atoms in total. The molecule has 1 aliphatic carbocycles. The predicted molar refractivity (Wildman–Crippen MR) is 150 cm³/mol. The summed E-state index contributed by atoms with van der Waals surface area (Å²) >= 11 is 0. The van der Waals surface area contributed by atoms with Crippen LogP contribution in [0.2, 0.25) is 0 Å². The summed E-state index contributed by atoms with van der Waals surface area (Å²) in [6.45, 7) is 7.16. The molecule has 1 aliphatic heterocycles. The highest BCUT2D eigenvalue weighted by Gasteiger charge is 2.24. The van der Waals surface area contributed by atoms with Gasteiger partial charge in [0.25, 0.3) is 5.91 Å². The second kappa shape index (κ2) is 12.4. The van der Waals surface area contributed by atoms with Crippen LogP contribution < -0.4 is 10.6 Å². The summed E-state index contributed by atoms with van der Waals surface area (Å²) in [5, 5.41) is 5.92. The van der Waals surface area contributed by atoms with Gasteiger partial charge in [-0.3, -0.25) is 4.79 Å². The molecule has 196 valence electrons. The van der Waals surface area contributed by atoms with Crippen LogP contribution in [0.15, 0.2) is 60.7 Å². The molecule has 2 aromatic rings. The largest absolute Gasteiger partial charge is 0.381 e. The number of amides is 1. The maximum Gasteiger partial charge on any atom is 0.256 e. The van der Waals surface area contributed by atoms with Crippen LogP contribution in [-0.4, -0.2) is 12.5 Å². The number of carbonyl (C=O) groups is 1. The third-order valence-electron chi connectivity index (χ3n) is 7.89.